The zero-order chi connectivity index (χ0) is 33.0. The number of allylic oxidation sites excluding steroid dienone is 1. The van der Waals surface area contributed by atoms with E-state index in [-0.39, 0.29) is 22.8 Å². The summed E-state index contributed by atoms with van der Waals surface area (Å²) in [5.74, 6) is 0.935. The minimum absolute atomic E-state index is 0.212. The van der Waals surface area contributed by atoms with Crippen molar-refractivity contribution in [3.8, 4) is 0 Å². The molecule has 0 amide bonds. The summed E-state index contributed by atoms with van der Waals surface area (Å²) in [5.41, 5.74) is 1.32. The van der Waals surface area contributed by atoms with Gasteiger partial charge in [-0.05, 0) is 58.9 Å². The lowest BCUT2D eigenvalue weighted by atomic mass is 9.74. The Kier molecular flexibility index (Phi) is 14.7. The Hall–Kier alpha value is -3.14. The largest absolute Gasteiger partial charge is 0.389 e. The molecule has 0 fully saturated rings. The minimum Gasteiger partial charge on any atom is -0.389 e. The summed E-state index contributed by atoms with van der Waals surface area (Å²) >= 11 is 12.1. The molecule has 0 radical (unpaired) electrons. The van der Waals surface area contributed by atoms with Crippen molar-refractivity contribution in [2.75, 3.05) is 29.0 Å². The third kappa shape index (κ3) is 11.8. The number of nitrogens with one attached hydrogen (secondary N) is 5. The average molecular weight is 634 g/mol. The van der Waals surface area contributed by atoms with Gasteiger partial charge in [0.25, 0.3) is 0 Å². The van der Waals surface area contributed by atoms with E-state index in [0.29, 0.717) is 23.3 Å². The molecule has 0 atom stereocenters. The van der Waals surface area contributed by atoms with Crippen molar-refractivity contribution >= 4 is 56.7 Å². The topological polar surface area (TPSA) is 131 Å². The van der Waals surface area contributed by atoms with E-state index in [1.165, 1.54) is 6.20 Å². The van der Waals surface area contributed by atoms with E-state index < -0.39 is 11.1 Å². The van der Waals surface area contributed by atoms with Crippen molar-refractivity contribution in [2.24, 2.45) is 5.41 Å². The van der Waals surface area contributed by atoms with Gasteiger partial charge in [0.15, 0.2) is 0 Å². The van der Waals surface area contributed by atoms with Gasteiger partial charge in [0.2, 0.25) is 5.95 Å². The highest BCUT2D eigenvalue weighted by Gasteiger charge is 2.37. The SMILES string of the molecule is CC.CC.Cc1cc(NC(C)(C)C(C)(C)CNc2ccnc3cc(Cl)ccc23)nc(N/C(=C/NCC(C)(C)O)C(=N)Cl)n1. The van der Waals surface area contributed by atoms with Gasteiger partial charge in [-0.3, -0.25) is 10.4 Å². The first kappa shape index (κ1) is 37.9. The molecule has 6 N–H and O–H groups in total. The van der Waals surface area contributed by atoms with Gasteiger partial charge in [0.05, 0.1) is 16.8 Å². The van der Waals surface area contributed by atoms with E-state index >= 15 is 0 Å². The highest BCUT2D eigenvalue weighted by Crippen LogP contribution is 2.35. The smallest absolute Gasteiger partial charge is 0.229 e. The van der Waals surface area contributed by atoms with Crippen molar-refractivity contribution in [3.63, 3.8) is 0 Å². The average Bonchev–Trinajstić information content (AvgIpc) is 2.92. The summed E-state index contributed by atoms with van der Waals surface area (Å²) in [6.07, 6.45) is 3.31. The van der Waals surface area contributed by atoms with Crippen molar-refractivity contribution in [1.82, 2.24) is 20.3 Å². The summed E-state index contributed by atoms with van der Waals surface area (Å²) in [7, 11) is 0. The van der Waals surface area contributed by atoms with E-state index in [1.54, 1.807) is 20.0 Å². The van der Waals surface area contributed by atoms with Crippen LogP contribution in [0.25, 0.3) is 10.9 Å². The summed E-state index contributed by atoms with van der Waals surface area (Å²) < 4.78 is 0. The quantitative estimate of drug-likeness (QED) is 0.110. The molecule has 2 aromatic heterocycles. The van der Waals surface area contributed by atoms with Crippen LogP contribution in [0.5, 0.6) is 0 Å². The maximum Gasteiger partial charge on any atom is 0.229 e. The molecule has 43 heavy (non-hydrogen) atoms. The Balaban J connectivity index is 0.00000221. The molecular formula is C32H50Cl2N8O. The van der Waals surface area contributed by atoms with Crippen molar-refractivity contribution in [1.29, 1.82) is 5.41 Å². The van der Waals surface area contributed by atoms with Crippen LogP contribution in [0.15, 0.2) is 48.4 Å². The highest BCUT2D eigenvalue weighted by atomic mass is 35.5. The van der Waals surface area contributed by atoms with E-state index in [4.69, 9.17) is 28.6 Å². The number of fused-ring (bicyclic) bond motifs is 1. The number of aryl methyl sites for hydroxylation is 1. The first-order valence-corrected chi connectivity index (χ1v) is 15.4. The lowest BCUT2D eigenvalue weighted by Gasteiger charge is -2.43. The normalized spacial score (nSPS) is 11.9. The molecule has 0 bridgehead atoms. The maximum atomic E-state index is 9.92. The predicted molar refractivity (Wildman–Crippen MR) is 186 cm³/mol. The Morgan fingerprint density at radius 3 is 2.23 bits per heavy atom. The zero-order valence-corrected chi connectivity index (χ0v) is 29.0. The number of nitrogens with zero attached hydrogens (tertiary/aromatic N) is 3. The van der Waals surface area contributed by atoms with E-state index in [2.05, 4.69) is 63.9 Å². The van der Waals surface area contributed by atoms with E-state index in [0.717, 1.165) is 22.3 Å². The fraction of sp³-hybridized carbons (Fsp3) is 0.500. The van der Waals surface area contributed by atoms with Gasteiger partial charge in [-0.2, -0.15) is 4.98 Å². The Bertz CT molecular complexity index is 1370. The number of hydrogen-bond acceptors (Lipinski definition) is 9. The number of halogens is 2. The molecule has 0 saturated carbocycles. The Labute approximate surface area is 267 Å². The summed E-state index contributed by atoms with van der Waals surface area (Å²) in [5, 5.41) is 32.4. The molecular weight excluding hydrogens is 583 g/mol. The van der Waals surface area contributed by atoms with Gasteiger partial charge in [-0.1, -0.05) is 64.7 Å². The lowest BCUT2D eigenvalue weighted by molar-refractivity contribution is 0.0835. The molecule has 0 aliphatic heterocycles. The first-order chi connectivity index (χ1) is 20.1. The second-order valence-electron chi connectivity index (χ2n) is 11.4. The molecule has 9 nitrogen and oxygen atoms in total. The van der Waals surface area contributed by atoms with Crippen molar-refractivity contribution in [3.05, 3.63) is 59.1 Å². The molecule has 238 valence electrons. The fourth-order valence-corrected chi connectivity index (χ4v) is 3.94. The number of rotatable bonds is 12. The lowest BCUT2D eigenvalue weighted by Crippen LogP contribution is -2.49. The number of benzene rings is 1. The first-order valence-electron chi connectivity index (χ1n) is 14.7. The summed E-state index contributed by atoms with van der Waals surface area (Å²) in [6.45, 7) is 22.8. The van der Waals surface area contributed by atoms with Gasteiger partial charge in [-0.25, -0.2) is 4.98 Å². The minimum atomic E-state index is -0.918. The van der Waals surface area contributed by atoms with Crippen LogP contribution >= 0.6 is 23.2 Å². The van der Waals surface area contributed by atoms with Crippen LogP contribution in [-0.4, -0.2) is 49.5 Å². The van der Waals surface area contributed by atoms with Gasteiger partial charge >= 0.3 is 0 Å². The number of aliphatic hydroxyl groups is 1. The number of aromatic nitrogens is 3. The number of anilines is 3. The second kappa shape index (κ2) is 16.6. The molecule has 1 aromatic carbocycles. The van der Waals surface area contributed by atoms with Crippen LogP contribution in [0, 0.1) is 17.7 Å². The van der Waals surface area contributed by atoms with Gasteiger partial charge in [0, 0.05) is 64.3 Å². The van der Waals surface area contributed by atoms with Gasteiger partial charge < -0.3 is 26.4 Å². The standard InChI is InChI=1S/C28H38Cl2N8O.2C2H6/c1-17-12-23(37-25(35-17)36-22(24(30)31)14-32-16-27(4,5)39)38-28(6,7)26(2,3)15-34-20-10-11-33-21-13-18(29)8-9-19(20)21;2*1-2/h8-14,31-32,39H,15-16H2,1-7H3,(H,33,34)(H2,35,36,37,38);2*1-2H3/b22-14+,31-24?;;. The molecule has 0 spiro atoms. The van der Waals surface area contributed by atoms with Gasteiger partial charge in [-0.15, -0.1) is 0 Å². The second-order valence-corrected chi connectivity index (χ2v) is 12.2. The maximum absolute atomic E-state index is 9.92. The van der Waals surface area contributed by atoms with Gasteiger partial charge in [0.1, 0.15) is 11.0 Å². The molecule has 0 aliphatic rings. The summed E-state index contributed by atoms with van der Waals surface area (Å²) in [6, 6.07) is 9.54. The molecule has 0 unspecified atom stereocenters. The van der Waals surface area contributed by atoms with Crippen LogP contribution in [0.2, 0.25) is 5.02 Å². The monoisotopic (exact) mass is 632 g/mol. The number of hydrogen-bond donors (Lipinski definition) is 6. The molecule has 2 heterocycles. The number of pyridine rings is 1. The van der Waals surface area contributed by atoms with Crippen LogP contribution in [0.1, 0.15) is 74.9 Å². The third-order valence-electron chi connectivity index (χ3n) is 6.68. The third-order valence-corrected chi connectivity index (χ3v) is 7.11. The predicted octanol–water partition coefficient (Wildman–Crippen LogP) is 8.20. The fourth-order valence-electron chi connectivity index (χ4n) is 3.67. The zero-order valence-electron chi connectivity index (χ0n) is 27.5. The molecule has 3 aromatic rings. The molecule has 3 rings (SSSR count). The van der Waals surface area contributed by atoms with E-state index in [1.807, 2.05) is 65.0 Å². The molecule has 0 saturated heterocycles. The van der Waals surface area contributed by atoms with Crippen molar-refractivity contribution < 1.29 is 5.11 Å². The van der Waals surface area contributed by atoms with E-state index in [9.17, 15) is 5.11 Å². The highest BCUT2D eigenvalue weighted by molar-refractivity contribution is 6.68. The van der Waals surface area contributed by atoms with Crippen molar-refractivity contribution in [2.45, 2.75) is 87.3 Å². The summed E-state index contributed by atoms with van der Waals surface area (Å²) in [4.78, 5) is 13.5. The van der Waals surface area contributed by atoms with Crippen LogP contribution in [0.3, 0.4) is 0 Å². The Morgan fingerprint density at radius 2 is 1.63 bits per heavy atom. The Morgan fingerprint density at radius 1 is 0.977 bits per heavy atom. The molecule has 0 aliphatic carbocycles. The van der Waals surface area contributed by atoms with Crippen LogP contribution in [0.4, 0.5) is 17.5 Å². The van der Waals surface area contributed by atoms with Crippen LogP contribution < -0.4 is 21.3 Å². The van der Waals surface area contributed by atoms with Crippen LogP contribution in [-0.2, 0) is 0 Å². The molecule has 11 heteroatoms.